The maximum atomic E-state index is 13.1. The SMILES string of the molecule is [B]B=S(I)OC(=O)N(C)CC(=O)Nc1cc(CO)ccc1O[C@@H]1OC(C(=O)S(I)=BB=O)[C@@H](C)[C@H](C)C1OC(C)=O. The summed E-state index contributed by atoms with van der Waals surface area (Å²) in [6.45, 7) is 4.09. The van der Waals surface area contributed by atoms with Gasteiger partial charge in [0.1, 0.15) is 0 Å². The van der Waals surface area contributed by atoms with Crippen molar-refractivity contribution in [3.63, 3.8) is 0 Å². The molecule has 1 aromatic carbocycles. The quantitative estimate of drug-likeness (QED) is 0.204. The van der Waals surface area contributed by atoms with Crippen LogP contribution in [0.4, 0.5) is 10.5 Å². The molecule has 2 N–H and O–H groups in total. The second-order valence-electron chi connectivity index (χ2n) is 8.84. The third kappa shape index (κ3) is 10.6. The number of anilines is 1. The molecular formula is C21H26B4I2N2O10S2. The van der Waals surface area contributed by atoms with Crippen molar-refractivity contribution in [2.75, 3.05) is 18.9 Å². The topological polar surface area (TPSA) is 158 Å². The van der Waals surface area contributed by atoms with Crippen molar-refractivity contribution in [2.24, 2.45) is 11.8 Å². The number of likely N-dealkylation sites (N-methyl/N-ethyl adjacent to an activating group) is 1. The van der Waals surface area contributed by atoms with Crippen molar-refractivity contribution >= 4 is 113 Å². The third-order valence-corrected chi connectivity index (χ3v) is 11.1. The maximum absolute atomic E-state index is 13.1. The van der Waals surface area contributed by atoms with E-state index in [4.69, 9.17) is 26.1 Å². The molecule has 1 aliphatic heterocycles. The molecule has 1 heterocycles. The van der Waals surface area contributed by atoms with E-state index in [-0.39, 0.29) is 41.5 Å². The van der Waals surface area contributed by atoms with E-state index in [1.807, 2.05) is 42.4 Å². The predicted molar refractivity (Wildman–Crippen MR) is 175 cm³/mol. The number of aliphatic hydroxyl groups is 1. The van der Waals surface area contributed by atoms with Crippen LogP contribution in [0.1, 0.15) is 26.3 Å². The zero-order valence-electron chi connectivity index (χ0n) is 22.5. The molecule has 2 amide bonds. The van der Waals surface area contributed by atoms with E-state index >= 15 is 0 Å². The molecule has 0 bridgehead atoms. The molecule has 7 atom stereocenters. The number of ether oxygens (including phenoxy) is 3. The molecule has 12 nitrogen and oxygen atoms in total. The first kappa shape index (κ1) is 36.2. The summed E-state index contributed by atoms with van der Waals surface area (Å²) in [5.74, 6) is -1.87. The first-order chi connectivity index (χ1) is 19.3. The molecule has 2 radical (unpaired) electrons. The number of hydrogen-bond donors (Lipinski definition) is 2. The van der Waals surface area contributed by atoms with Crippen molar-refractivity contribution < 1.29 is 47.4 Å². The average Bonchev–Trinajstić information content (AvgIpc) is 2.92. The fraction of sp³-hybridized carbons (Fsp3) is 0.524. The van der Waals surface area contributed by atoms with Gasteiger partial charge in [-0.15, -0.1) is 0 Å². The molecule has 2 rings (SSSR count). The van der Waals surface area contributed by atoms with Gasteiger partial charge in [-0.05, 0) is 0 Å². The predicted octanol–water partition coefficient (Wildman–Crippen LogP) is 2.46. The van der Waals surface area contributed by atoms with Gasteiger partial charge in [0.05, 0.1) is 0 Å². The van der Waals surface area contributed by atoms with Crippen molar-refractivity contribution in [3.8, 4) is 5.75 Å². The van der Waals surface area contributed by atoms with Crippen LogP contribution in [0.3, 0.4) is 0 Å². The number of nitrogens with zero attached hydrogens (tertiary/aromatic N) is 1. The first-order valence-corrected chi connectivity index (χ1v) is 19.5. The number of halogens is 2. The Morgan fingerprint density at radius 1 is 1.22 bits per heavy atom. The summed E-state index contributed by atoms with van der Waals surface area (Å²) in [6, 6.07) is 6.94. The second kappa shape index (κ2) is 17.4. The molecule has 4 unspecified atom stereocenters. The van der Waals surface area contributed by atoms with Crippen molar-refractivity contribution in [1.29, 1.82) is 0 Å². The van der Waals surface area contributed by atoms with Gasteiger partial charge in [0.15, 0.2) is 0 Å². The van der Waals surface area contributed by atoms with E-state index in [1.165, 1.54) is 38.2 Å². The monoisotopic (exact) mass is 828 g/mol. The van der Waals surface area contributed by atoms with Gasteiger partial charge in [0, 0.05) is 0 Å². The van der Waals surface area contributed by atoms with E-state index < -0.39 is 51.7 Å². The Labute approximate surface area is 269 Å². The molecule has 0 aromatic heterocycles. The second-order valence-corrected chi connectivity index (χ2v) is 16.5. The summed E-state index contributed by atoms with van der Waals surface area (Å²) in [4.78, 5) is 51.1. The Kier molecular flexibility index (Phi) is 15.3. The number of benzene rings is 1. The zero-order chi connectivity index (χ0) is 30.9. The van der Waals surface area contributed by atoms with E-state index in [2.05, 4.69) is 5.32 Å². The Bertz CT molecular complexity index is 1240. The van der Waals surface area contributed by atoms with E-state index in [1.54, 1.807) is 19.9 Å². The number of esters is 1. The molecule has 218 valence electrons. The standard InChI is InChI=1S/C21H26B4I2N2O10S2/c1-10-11(2)18(36-12(3)31)20(38-17(10)19(33)40(26)25-24-35)37-15-6-5-13(9-30)7-14(15)28-16(32)8-29(4)21(34)39-41(27)23-22/h5-7,10-11,17-18,20,30H,8-9H2,1-4H3,(H,28,32)/t10-,11-,17?,18?,20+,40?,41?/m0/s1. The number of hydrogen-bond acceptors (Lipinski definition) is 10. The Balaban J connectivity index is 2.37. The Morgan fingerprint density at radius 3 is 2.49 bits per heavy atom. The van der Waals surface area contributed by atoms with Crippen LogP contribution < -0.4 is 10.1 Å². The van der Waals surface area contributed by atoms with Gasteiger partial charge in [-0.25, -0.2) is 0 Å². The molecule has 1 fully saturated rings. The molecule has 41 heavy (non-hydrogen) atoms. The zero-order valence-corrected chi connectivity index (χ0v) is 28.4. The first-order valence-electron chi connectivity index (χ1n) is 11.9. The van der Waals surface area contributed by atoms with E-state index in [9.17, 15) is 29.0 Å². The minimum atomic E-state index is -1.26. The van der Waals surface area contributed by atoms with Gasteiger partial charge < -0.3 is 0 Å². The van der Waals surface area contributed by atoms with Crippen LogP contribution in [-0.2, 0) is 39.4 Å². The van der Waals surface area contributed by atoms with E-state index in [0.29, 0.717) is 12.6 Å². The molecular weight excluding hydrogens is 801 g/mol. The molecule has 1 aliphatic rings. The number of aliphatic hydroxyl groups excluding tert-OH is 1. The summed E-state index contributed by atoms with van der Waals surface area (Å²) in [5.41, 5.74) is 0.580. The summed E-state index contributed by atoms with van der Waals surface area (Å²) in [6.07, 6.45) is -3.91. The summed E-state index contributed by atoms with van der Waals surface area (Å²) >= 11 is 3.68. The van der Waals surface area contributed by atoms with Crippen LogP contribution in [0.25, 0.3) is 0 Å². The molecule has 1 aromatic rings. The van der Waals surface area contributed by atoms with Crippen LogP contribution in [0.5, 0.6) is 5.75 Å². The number of carbonyl (C=O) groups excluding carboxylic acids is 4. The van der Waals surface area contributed by atoms with Crippen molar-refractivity contribution in [2.45, 2.75) is 45.9 Å². The van der Waals surface area contributed by atoms with Crippen LogP contribution in [0, 0.1) is 11.8 Å². The van der Waals surface area contributed by atoms with Crippen LogP contribution in [0.15, 0.2) is 18.2 Å². The molecule has 0 spiro atoms. The molecule has 0 aliphatic carbocycles. The number of rotatable bonds is 10. The number of amides is 2. The van der Waals surface area contributed by atoms with Gasteiger partial charge in [-0.1, -0.05) is 0 Å². The van der Waals surface area contributed by atoms with Crippen LogP contribution in [0.2, 0.25) is 0 Å². The van der Waals surface area contributed by atoms with E-state index in [0.717, 1.165) is 4.90 Å². The fourth-order valence-electron chi connectivity index (χ4n) is 3.75. The Hall–Kier alpha value is -0.960. The van der Waals surface area contributed by atoms with Gasteiger partial charge in [0.25, 0.3) is 0 Å². The number of carbonyl (C=O) groups is 4. The third-order valence-electron chi connectivity index (χ3n) is 5.97. The molecule has 1 saturated heterocycles. The Morgan fingerprint density at radius 2 is 1.90 bits per heavy atom. The summed E-state index contributed by atoms with van der Waals surface area (Å²) < 4.78 is 33.7. The van der Waals surface area contributed by atoms with Crippen molar-refractivity contribution in [1.82, 2.24) is 4.90 Å². The van der Waals surface area contributed by atoms with Gasteiger partial charge in [-0.3, -0.25) is 0 Å². The van der Waals surface area contributed by atoms with Gasteiger partial charge in [0.2, 0.25) is 0 Å². The van der Waals surface area contributed by atoms with Crippen molar-refractivity contribution in [3.05, 3.63) is 23.8 Å². The van der Waals surface area contributed by atoms with Gasteiger partial charge in [-0.2, -0.15) is 0 Å². The minimum absolute atomic E-state index is 0.0929. The average molecular weight is 828 g/mol. The summed E-state index contributed by atoms with van der Waals surface area (Å²) in [5, 5.41) is 12.0. The van der Waals surface area contributed by atoms with Gasteiger partial charge >= 0.3 is 272 Å². The van der Waals surface area contributed by atoms with Crippen LogP contribution >= 0.6 is 57.7 Å². The number of nitrogens with one attached hydrogen (secondary N) is 1. The molecule has 20 heteroatoms. The normalized spacial score (nSPS) is 23.1. The fourth-order valence-corrected chi connectivity index (χ4v) is 6.36. The van der Waals surface area contributed by atoms with Crippen LogP contribution in [-0.4, -0.2) is 92.1 Å². The summed E-state index contributed by atoms with van der Waals surface area (Å²) in [7, 11) is 5.26. The molecule has 0 saturated carbocycles.